The maximum absolute atomic E-state index is 12.9. The van der Waals surface area contributed by atoms with Gasteiger partial charge < -0.3 is 19.9 Å². The quantitative estimate of drug-likeness (QED) is 0.666. The van der Waals surface area contributed by atoms with Crippen LogP contribution in [0.2, 0.25) is 0 Å². The van der Waals surface area contributed by atoms with Gasteiger partial charge in [0, 0.05) is 42.8 Å². The summed E-state index contributed by atoms with van der Waals surface area (Å²) in [6.07, 6.45) is 1.93. The number of pyridine rings is 1. The summed E-state index contributed by atoms with van der Waals surface area (Å²) in [6.45, 7) is 1.73. The van der Waals surface area contributed by atoms with E-state index >= 15 is 0 Å². The van der Waals surface area contributed by atoms with Crippen molar-refractivity contribution in [2.75, 3.05) is 26.2 Å². The van der Waals surface area contributed by atoms with Crippen LogP contribution in [-0.4, -0.2) is 63.5 Å². The topological polar surface area (TPSA) is 93.7 Å². The van der Waals surface area contributed by atoms with Crippen LogP contribution in [0.5, 0.6) is 0 Å². The summed E-state index contributed by atoms with van der Waals surface area (Å²) in [5, 5.41) is 11.2. The van der Waals surface area contributed by atoms with Gasteiger partial charge in [0.2, 0.25) is 0 Å². The summed E-state index contributed by atoms with van der Waals surface area (Å²) >= 11 is 0. The van der Waals surface area contributed by atoms with Crippen LogP contribution in [0.4, 0.5) is 0 Å². The molecule has 1 aliphatic heterocycles. The molecule has 5 rings (SSSR count). The highest BCUT2D eigenvalue weighted by atomic mass is 16.3. The molecule has 1 saturated heterocycles. The first kappa shape index (κ1) is 20.5. The average molecular weight is 431 g/mol. The molecule has 2 N–H and O–H groups in total. The Morgan fingerprint density at radius 3 is 2.22 bits per heavy atom. The van der Waals surface area contributed by atoms with Gasteiger partial charge in [0.15, 0.2) is 0 Å². The number of aromatic amines is 1. The number of hydrogen-bond acceptors (Lipinski definition) is 4. The predicted octanol–water partition coefficient (Wildman–Crippen LogP) is 2.39. The Morgan fingerprint density at radius 1 is 0.906 bits per heavy atom. The number of hydrogen-bond donors (Lipinski definition) is 2. The molecule has 1 saturated carbocycles. The van der Waals surface area contributed by atoms with Gasteiger partial charge in [0.05, 0.1) is 0 Å². The summed E-state index contributed by atoms with van der Waals surface area (Å²) in [5.41, 5.74) is 1.28. The van der Waals surface area contributed by atoms with Crippen molar-refractivity contribution in [1.29, 1.82) is 0 Å². The van der Waals surface area contributed by atoms with Crippen molar-refractivity contribution in [3.63, 3.8) is 0 Å². The Labute approximate surface area is 185 Å². The minimum absolute atomic E-state index is 0.0987. The van der Waals surface area contributed by atoms with E-state index in [-0.39, 0.29) is 17.4 Å². The Balaban J connectivity index is 1.28. The molecule has 2 fully saturated rings. The summed E-state index contributed by atoms with van der Waals surface area (Å²) in [6, 6.07) is 16.5. The van der Waals surface area contributed by atoms with Crippen molar-refractivity contribution in [2.45, 2.75) is 24.9 Å². The molecule has 2 aliphatic rings. The second-order valence-electron chi connectivity index (χ2n) is 8.65. The second-order valence-corrected chi connectivity index (χ2v) is 8.65. The van der Waals surface area contributed by atoms with E-state index in [2.05, 4.69) is 4.98 Å². The highest BCUT2D eigenvalue weighted by Crippen LogP contribution is 2.33. The largest absolute Gasteiger partial charge is 0.380 e. The molecule has 164 valence electrons. The summed E-state index contributed by atoms with van der Waals surface area (Å²) in [7, 11) is 0. The number of nitrogens with one attached hydrogen (secondary N) is 1. The lowest BCUT2D eigenvalue weighted by Gasteiger charge is -2.42. The maximum Gasteiger partial charge on any atom is 0.256 e. The predicted molar refractivity (Wildman–Crippen MR) is 121 cm³/mol. The molecule has 2 amide bonds. The van der Waals surface area contributed by atoms with Crippen LogP contribution in [-0.2, 0) is 4.79 Å². The van der Waals surface area contributed by atoms with Crippen LogP contribution in [0.1, 0.15) is 29.6 Å². The lowest BCUT2D eigenvalue weighted by Crippen LogP contribution is -2.58. The SMILES string of the molecule is O=C(c1ccc(-c2cc3ccccc3[nH]c2=O)cc1)N1CCN(C(=O)C2(O)CCC2)CC1. The Kier molecular flexibility index (Phi) is 5.06. The van der Waals surface area contributed by atoms with Crippen molar-refractivity contribution in [1.82, 2.24) is 14.8 Å². The highest BCUT2D eigenvalue weighted by Gasteiger charge is 2.45. The molecule has 1 aromatic heterocycles. The minimum Gasteiger partial charge on any atom is -0.380 e. The van der Waals surface area contributed by atoms with Gasteiger partial charge in [-0.15, -0.1) is 0 Å². The molecule has 0 unspecified atom stereocenters. The lowest BCUT2D eigenvalue weighted by atomic mass is 9.79. The molecule has 7 heteroatoms. The lowest BCUT2D eigenvalue weighted by molar-refractivity contribution is -0.161. The monoisotopic (exact) mass is 431 g/mol. The van der Waals surface area contributed by atoms with Crippen LogP contribution in [0.3, 0.4) is 0 Å². The number of carbonyl (C=O) groups excluding carboxylic acids is 2. The number of benzene rings is 2. The van der Waals surface area contributed by atoms with E-state index in [4.69, 9.17) is 0 Å². The minimum atomic E-state index is -1.19. The van der Waals surface area contributed by atoms with Gasteiger partial charge >= 0.3 is 0 Å². The standard InChI is InChI=1S/C25H25N3O4/c29-22-20(16-19-4-1-2-5-21(19)26-22)17-6-8-18(9-7-17)23(30)27-12-14-28(15-13-27)24(31)25(32)10-3-11-25/h1-2,4-9,16,32H,3,10-15H2,(H,26,29). The number of rotatable bonds is 3. The van der Waals surface area contributed by atoms with E-state index in [0.29, 0.717) is 50.1 Å². The Morgan fingerprint density at radius 2 is 1.56 bits per heavy atom. The van der Waals surface area contributed by atoms with Crippen molar-refractivity contribution in [3.05, 3.63) is 70.5 Å². The fourth-order valence-electron chi connectivity index (χ4n) is 4.47. The van der Waals surface area contributed by atoms with Crippen LogP contribution >= 0.6 is 0 Å². The van der Waals surface area contributed by atoms with Gasteiger partial charge in [-0.05, 0) is 54.5 Å². The van der Waals surface area contributed by atoms with Gasteiger partial charge in [0.1, 0.15) is 5.60 Å². The zero-order valence-corrected chi connectivity index (χ0v) is 17.7. The fraction of sp³-hybridized carbons (Fsp3) is 0.320. The van der Waals surface area contributed by atoms with Gasteiger partial charge in [0.25, 0.3) is 17.4 Å². The number of amides is 2. The van der Waals surface area contributed by atoms with E-state index in [1.807, 2.05) is 30.3 Å². The van der Waals surface area contributed by atoms with Gasteiger partial charge in [-0.2, -0.15) is 0 Å². The smallest absolute Gasteiger partial charge is 0.256 e. The molecule has 1 aliphatic carbocycles. The summed E-state index contributed by atoms with van der Waals surface area (Å²) < 4.78 is 0. The first-order valence-electron chi connectivity index (χ1n) is 11.0. The fourth-order valence-corrected chi connectivity index (χ4v) is 4.47. The van der Waals surface area contributed by atoms with Crippen molar-refractivity contribution >= 4 is 22.7 Å². The zero-order valence-electron chi connectivity index (χ0n) is 17.7. The van der Waals surface area contributed by atoms with Crippen LogP contribution in [0.15, 0.2) is 59.4 Å². The van der Waals surface area contributed by atoms with Gasteiger partial charge in [-0.3, -0.25) is 14.4 Å². The van der Waals surface area contributed by atoms with E-state index in [9.17, 15) is 19.5 Å². The molecule has 3 aromatic rings. The molecule has 0 bridgehead atoms. The molecular weight excluding hydrogens is 406 g/mol. The summed E-state index contributed by atoms with van der Waals surface area (Å²) in [5.74, 6) is -0.306. The van der Waals surface area contributed by atoms with Crippen LogP contribution in [0, 0.1) is 0 Å². The van der Waals surface area contributed by atoms with Crippen molar-refractivity contribution < 1.29 is 14.7 Å². The molecule has 7 nitrogen and oxygen atoms in total. The molecule has 2 heterocycles. The molecule has 0 radical (unpaired) electrons. The molecule has 0 spiro atoms. The van der Waals surface area contributed by atoms with E-state index in [1.165, 1.54) is 0 Å². The van der Waals surface area contributed by atoms with Crippen LogP contribution < -0.4 is 5.56 Å². The number of H-pyrrole nitrogens is 1. The molecule has 0 atom stereocenters. The van der Waals surface area contributed by atoms with E-state index in [0.717, 1.165) is 22.9 Å². The summed E-state index contributed by atoms with van der Waals surface area (Å²) in [4.78, 5) is 44.2. The van der Waals surface area contributed by atoms with Crippen molar-refractivity contribution in [3.8, 4) is 11.1 Å². The van der Waals surface area contributed by atoms with Crippen molar-refractivity contribution in [2.24, 2.45) is 0 Å². The number of para-hydroxylation sites is 1. The third kappa shape index (κ3) is 3.58. The number of aliphatic hydroxyl groups is 1. The first-order valence-corrected chi connectivity index (χ1v) is 11.0. The van der Waals surface area contributed by atoms with E-state index < -0.39 is 5.60 Å². The zero-order chi connectivity index (χ0) is 22.3. The normalized spacial score (nSPS) is 17.8. The third-order valence-electron chi connectivity index (χ3n) is 6.63. The first-order chi connectivity index (χ1) is 15.4. The van der Waals surface area contributed by atoms with E-state index in [1.54, 1.807) is 34.1 Å². The Hall–Kier alpha value is -3.45. The Bertz CT molecular complexity index is 1240. The number of nitrogens with zero attached hydrogens (tertiary/aromatic N) is 2. The second kappa shape index (κ2) is 7.91. The number of aromatic nitrogens is 1. The molecular formula is C25H25N3O4. The molecule has 32 heavy (non-hydrogen) atoms. The van der Waals surface area contributed by atoms with Gasteiger partial charge in [-0.1, -0.05) is 30.3 Å². The number of fused-ring (bicyclic) bond motifs is 1. The number of piperazine rings is 1. The van der Waals surface area contributed by atoms with Crippen LogP contribution in [0.25, 0.3) is 22.0 Å². The third-order valence-corrected chi connectivity index (χ3v) is 6.63. The average Bonchev–Trinajstić information content (AvgIpc) is 2.81. The highest BCUT2D eigenvalue weighted by molar-refractivity contribution is 5.95. The van der Waals surface area contributed by atoms with Gasteiger partial charge in [-0.25, -0.2) is 0 Å². The number of carbonyl (C=O) groups is 2. The maximum atomic E-state index is 12.9. The molecule has 2 aromatic carbocycles.